The molecular weight excluding hydrogens is 214 g/mol. The molecule has 1 aliphatic rings. The fourth-order valence-corrected chi connectivity index (χ4v) is 2.50. The molecule has 0 spiro atoms. The zero-order valence-corrected chi connectivity index (χ0v) is 11.6. The van der Waals surface area contributed by atoms with Crippen molar-refractivity contribution in [2.45, 2.75) is 46.5 Å². The van der Waals surface area contributed by atoms with Gasteiger partial charge in [-0.1, -0.05) is 13.8 Å². The lowest BCUT2D eigenvalue weighted by atomic mass is 9.74. The zero-order chi connectivity index (χ0) is 12.7. The Kier molecular flexibility index (Phi) is 6.14. The quantitative estimate of drug-likeness (QED) is 0.696. The number of ether oxygens (including phenoxy) is 1. The molecule has 0 saturated carbocycles. The number of hydrogen-bond acceptors (Lipinski definition) is 3. The van der Waals surface area contributed by atoms with Gasteiger partial charge in [-0.2, -0.15) is 0 Å². The molecule has 3 heteroatoms. The first-order valence-electron chi connectivity index (χ1n) is 6.80. The average molecular weight is 241 g/mol. The van der Waals surface area contributed by atoms with E-state index < -0.39 is 0 Å². The second kappa shape index (κ2) is 7.12. The minimum atomic E-state index is 0.287. The first-order chi connectivity index (χ1) is 8.02. The third-order valence-electron chi connectivity index (χ3n) is 3.79. The molecule has 0 atom stereocenters. The maximum absolute atomic E-state index is 10.8. The van der Waals surface area contributed by atoms with Gasteiger partial charge in [-0.25, -0.2) is 0 Å². The highest BCUT2D eigenvalue weighted by atomic mass is 16.5. The molecule has 0 amide bonds. The molecule has 1 N–H and O–H groups in total. The number of hydrogen-bond donors (Lipinski definition) is 1. The summed E-state index contributed by atoms with van der Waals surface area (Å²) in [5, 5.41) is 3.49. The molecular formula is C14H27NO2. The van der Waals surface area contributed by atoms with Gasteiger partial charge in [-0.05, 0) is 44.1 Å². The van der Waals surface area contributed by atoms with Crippen LogP contribution in [0.2, 0.25) is 0 Å². The first-order valence-corrected chi connectivity index (χ1v) is 6.80. The Bertz CT molecular complexity index is 232. The topological polar surface area (TPSA) is 38.3 Å². The molecule has 1 heterocycles. The van der Waals surface area contributed by atoms with Crippen LogP contribution in [0.25, 0.3) is 0 Å². The lowest BCUT2D eigenvalue weighted by molar-refractivity contribution is -0.117. The monoisotopic (exact) mass is 241 g/mol. The summed E-state index contributed by atoms with van der Waals surface area (Å²) in [6.07, 6.45) is 4.02. The highest BCUT2D eigenvalue weighted by Gasteiger charge is 2.30. The molecule has 0 radical (unpaired) electrons. The number of carbonyl (C=O) groups excluding carboxylic acids is 1. The van der Waals surface area contributed by atoms with Crippen molar-refractivity contribution in [3.63, 3.8) is 0 Å². The molecule has 100 valence electrons. The Labute approximate surface area is 105 Å². The summed E-state index contributed by atoms with van der Waals surface area (Å²) < 4.78 is 5.41. The van der Waals surface area contributed by atoms with Crippen LogP contribution < -0.4 is 5.32 Å². The lowest BCUT2D eigenvalue weighted by Gasteiger charge is -2.37. The Morgan fingerprint density at radius 3 is 2.59 bits per heavy atom. The van der Waals surface area contributed by atoms with Crippen molar-refractivity contribution in [2.24, 2.45) is 11.3 Å². The van der Waals surface area contributed by atoms with Crippen molar-refractivity contribution in [1.29, 1.82) is 0 Å². The van der Waals surface area contributed by atoms with E-state index >= 15 is 0 Å². The summed E-state index contributed by atoms with van der Waals surface area (Å²) in [5.74, 6) is 1.05. The number of ketones is 1. The maximum atomic E-state index is 10.8. The molecule has 0 aliphatic carbocycles. The Hall–Kier alpha value is -0.410. The maximum Gasteiger partial charge on any atom is 0.129 e. The highest BCUT2D eigenvalue weighted by molar-refractivity contribution is 5.75. The van der Waals surface area contributed by atoms with Crippen LogP contribution in [0.4, 0.5) is 0 Å². The zero-order valence-electron chi connectivity index (χ0n) is 11.6. The summed E-state index contributed by atoms with van der Waals surface area (Å²) in [6, 6.07) is 0. The van der Waals surface area contributed by atoms with Gasteiger partial charge in [-0.15, -0.1) is 0 Å². The van der Waals surface area contributed by atoms with E-state index in [2.05, 4.69) is 19.2 Å². The van der Waals surface area contributed by atoms with Crippen LogP contribution in [0.1, 0.15) is 46.5 Å². The van der Waals surface area contributed by atoms with Crippen LogP contribution in [0, 0.1) is 11.3 Å². The molecule has 0 bridgehead atoms. The van der Waals surface area contributed by atoms with Crippen molar-refractivity contribution in [2.75, 3.05) is 26.3 Å². The second-order valence-electron chi connectivity index (χ2n) is 5.86. The number of nitrogens with one attached hydrogen (secondary N) is 1. The van der Waals surface area contributed by atoms with Gasteiger partial charge in [0, 0.05) is 26.2 Å². The predicted molar refractivity (Wildman–Crippen MR) is 70.1 cm³/mol. The highest BCUT2D eigenvalue weighted by Crippen LogP contribution is 2.33. The van der Waals surface area contributed by atoms with E-state index in [1.54, 1.807) is 6.92 Å². The molecule has 1 fully saturated rings. The van der Waals surface area contributed by atoms with Gasteiger partial charge < -0.3 is 14.8 Å². The number of Topliss-reactive ketones (excluding diaryl/α,β-unsaturated/α-hetero) is 1. The van der Waals surface area contributed by atoms with E-state index in [0.29, 0.717) is 11.8 Å². The Morgan fingerprint density at radius 2 is 2.00 bits per heavy atom. The van der Waals surface area contributed by atoms with Gasteiger partial charge in [0.15, 0.2) is 0 Å². The van der Waals surface area contributed by atoms with Crippen molar-refractivity contribution < 1.29 is 9.53 Å². The number of carbonyl (C=O) groups is 1. The van der Waals surface area contributed by atoms with E-state index in [4.69, 9.17) is 4.74 Å². The molecule has 0 aromatic rings. The third kappa shape index (κ3) is 5.64. The van der Waals surface area contributed by atoms with Gasteiger partial charge in [-0.3, -0.25) is 0 Å². The third-order valence-corrected chi connectivity index (χ3v) is 3.79. The van der Waals surface area contributed by atoms with Gasteiger partial charge in [0.25, 0.3) is 0 Å². The SMILES string of the molecule is CC(=O)CCCNCC(C)(C)C1CCOCC1. The molecule has 1 rings (SSSR count). The van der Waals surface area contributed by atoms with Crippen molar-refractivity contribution in [1.82, 2.24) is 5.32 Å². The standard InChI is InChI=1S/C14H27NO2/c1-12(16)5-4-8-15-11-14(2,3)13-6-9-17-10-7-13/h13,15H,4-11H2,1-3H3. The molecule has 3 nitrogen and oxygen atoms in total. The van der Waals surface area contributed by atoms with Gasteiger partial charge >= 0.3 is 0 Å². The summed E-state index contributed by atoms with van der Waals surface area (Å²) >= 11 is 0. The average Bonchev–Trinajstić information content (AvgIpc) is 2.29. The van der Waals surface area contributed by atoms with Crippen LogP contribution in [0.3, 0.4) is 0 Å². The van der Waals surface area contributed by atoms with E-state index in [1.807, 2.05) is 0 Å². The summed E-state index contributed by atoms with van der Waals surface area (Å²) in [6.45, 7) is 10.1. The Morgan fingerprint density at radius 1 is 1.35 bits per heavy atom. The Balaban J connectivity index is 2.17. The van der Waals surface area contributed by atoms with Crippen LogP contribution in [0.15, 0.2) is 0 Å². The van der Waals surface area contributed by atoms with Crippen molar-refractivity contribution in [3.05, 3.63) is 0 Å². The van der Waals surface area contributed by atoms with E-state index in [-0.39, 0.29) is 5.78 Å². The molecule has 0 unspecified atom stereocenters. The van der Waals surface area contributed by atoms with E-state index in [0.717, 1.165) is 38.6 Å². The first kappa shape index (κ1) is 14.7. The molecule has 1 saturated heterocycles. The molecule has 17 heavy (non-hydrogen) atoms. The van der Waals surface area contributed by atoms with Crippen molar-refractivity contribution in [3.8, 4) is 0 Å². The number of rotatable bonds is 7. The smallest absolute Gasteiger partial charge is 0.129 e. The summed E-state index contributed by atoms with van der Waals surface area (Å²) in [7, 11) is 0. The lowest BCUT2D eigenvalue weighted by Crippen LogP contribution is -2.38. The predicted octanol–water partition coefficient (Wildman–Crippen LogP) is 2.40. The normalized spacial score (nSPS) is 18.3. The summed E-state index contributed by atoms with van der Waals surface area (Å²) in [4.78, 5) is 10.8. The minimum Gasteiger partial charge on any atom is -0.381 e. The second-order valence-corrected chi connectivity index (χ2v) is 5.86. The minimum absolute atomic E-state index is 0.287. The van der Waals surface area contributed by atoms with Gasteiger partial charge in [0.2, 0.25) is 0 Å². The molecule has 1 aliphatic heterocycles. The molecule has 0 aromatic carbocycles. The van der Waals surface area contributed by atoms with Crippen LogP contribution in [-0.4, -0.2) is 32.1 Å². The van der Waals surface area contributed by atoms with Gasteiger partial charge in [0.05, 0.1) is 0 Å². The van der Waals surface area contributed by atoms with Crippen LogP contribution in [0.5, 0.6) is 0 Å². The van der Waals surface area contributed by atoms with Crippen LogP contribution >= 0.6 is 0 Å². The van der Waals surface area contributed by atoms with E-state index in [9.17, 15) is 4.79 Å². The summed E-state index contributed by atoms with van der Waals surface area (Å²) in [5.41, 5.74) is 0.333. The van der Waals surface area contributed by atoms with Crippen LogP contribution in [-0.2, 0) is 9.53 Å². The fraction of sp³-hybridized carbons (Fsp3) is 0.929. The van der Waals surface area contributed by atoms with Gasteiger partial charge in [0.1, 0.15) is 5.78 Å². The van der Waals surface area contributed by atoms with Crippen molar-refractivity contribution >= 4 is 5.78 Å². The van der Waals surface area contributed by atoms with E-state index in [1.165, 1.54) is 12.8 Å². The largest absolute Gasteiger partial charge is 0.381 e. The fourth-order valence-electron chi connectivity index (χ4n) is 2.50. The molecule has 0 aromatic heterocycles.